The van der Waals surface area contributed by atoms with Crippen LogP contribution >= 0.6 is 0 Å². The number of carbonyl (C=O) groups is 2. The number of aliphatic carboxylic acids is 1. The third-order valence-electron chi connectivity index (χ3n) is 7.87. The van der Waals surface area contributed by atoms with Crippen LogP contribution in [0.25, 0.3) is 32.8 Å². The van der Waals surface area contributed by atoms with Crippen molar-refractivity contribution in [3.63, 3.8) is 0 Å². The van der Waals surface area contributed by atoms with E-state index in [4.69, 9.17) is 8.83 Å². The molecule has 1 aliphatic carbocycles. The van der Waals surface area contributed by atoms with Crippen LogP contribution in [-0.2, 0) is 35.3 Å². The maximum atomic E-state index is 13.0. The van der Waals surface area contributed by atoms with Crippen molar-refractivity contribution >= 4 is 44.7 Å². The average Bonchev–Trinajstić information content (AvgIpc) is 3.48. The largest absolute Gasteiger partial charge is 0.508 e. The number of benzene rings is 2. The molecule has 0 saturated carbocycles. The predicted octanol–water partition coefficient (Wildman–Crippen LogP) is 4.58. The summed E-state index contributed by atoms with van der Waals surface area (Å²) in [6.07, 6.45) is 5.34. The highest BCUT2D eigenvalue weighted by molar-refractivity contribution is 6.00. The van der Waals surface area contributed by atoms with Gasteiger partial charge in [-0.25, -0.2) is 9.59 Å². The van der Waals surface area contributed by atoms with Crippen molar-refractivity contribution in [2.75, 3.05) is 0 Å². The Morgan fingerprint density at radius 2 is 1.79 bits per heavy atom. The van der Waals surface area contributed by atoms with Gasteiger partial charge in [0.2, 0.25) is 5.91 Å². The minimum absolute atomic E-state index is 0.00138. The third-order valence-corrected chi connectivity index (χ3v) is 7.87. The van der Waals surface area contributed by atoms with E-state index in [9.17, 15) is 24.6 Å². The number of aromatic amines is 1. The molecule has 9 nitrogen and oxygen atoms in total. The lowest BCUT2D eigenvalue weighted by Gasteiger charge is -2.15. The van der Waals surface area contributed by atoms with E-state index in [-0.39, 0.29) is 24.2 Å². The molecule has 2 aromatic carbocycles. The van der Waals surface area contributed by atoms with Crippen LogP contribution in [0.15, 0.2) is 44.1 Å². The van der Waals surface area contributed by atoms with Gasteiger partial charge in [-0.2, -0.15) is 0 Å². The number of H-pyrrole nitrogens is 1. The van der Waals surface area contributed by atoms with E-state index in [0.29, 0.717) is 22.1 Å². The van der Waals surface area contributed by atoms with Crippen LogP contribution in [0.5, 0.6) is 5.75 Å². The van der Waals surface area contributed by atoms with Crippen LogP contribution in [-0.4, -0.2) is 33.1 Å². The maximum Gasteiger partial charge on any atom is 0.340 e. The van der Waals surface area contributed by atoms with Crippen molar-refractivity contribution in [3.05, 3.63) is 74.5 Å². The molecule has 6 rings (SSSR count). The van der Waals surface area contributed by atoms with Gasteiger partial charge in [-0.05, 0) is 68.5 Å². The SMILES string of the molecule is Cc1c(CC(=O)NC(Cc2c[nH]c3ccc(O)cc23)C(=O)O)c(=O)oc2c(C)c3oc4c(c3cc12)CCCC4. The number of carboxylic acids is 1. The Morgan fingerprint density at radius 1 is 1.03 bits per heavy atom. The van der Waals surface area contributed by atoms with E-state index < -0.39 is 23.5 Å². The standard InChI is InChI=1S/C30H28N2O7/c1-14-19-11-22-18-5-3-4-6-25(18)38-28(22)15(2)27(19)39-30(37)20(14)12-26(34)32-24(29(35)36)9-16-13-31-23-8-7-17(33)10-21(16)23/h7-8,10-11,13,24,31,33H,3-6,9,12H2,1-2H3,(H,32,34)(H,35,36). The fourth-order valence-corrected chi connectivity index (χ4v) is 5.78. The molecule has 1 unspecified atom stereocenters. The van der Waals surface area contributed by atoms with Gasteiger partial charge in [0.1, 0.15) is 28.7 Å². The molecule has 9 heteroatoms. The van der Waals surface area contributed by atoms with E-state index in [1.54, 1.807) is 25.3 Å². The van der Waals surface area contributed by atoms with Crippen molar-refractivity contribution in [2.45, 2.75) is 58.4 Å². The Balaban J connectivity index is 1.30. The molecule has 5 aromatic rings. The molecule has 0 spiro atoms. The van der Waals surface area contributed by atoms with Crippen LogP contribution in [0, 0.1) is 13.8 Å². The van der Waals surface area contributed by atoms with E-state index >= 15 is 0 Å². The van der Waals surface area contributed by atoms with Gasteiger partial charge in [0.25, 0.3) is 0 Å². The summed E-state index contributed by atoms with van der Waals surface area (Å²) in [5.74, 6) is -0.762. The summed E-state index contributed by atoms with van der Waals surface area (Å²) in [7, 11) is 0. The minimum atomic E-state index is -1.23. The highest BCUT2D eigenvalue weighted by Crippen LogP contribution is 2.38. The highest BCUT2D eigenvalue weighted by Gasteiger charge is 2.26. The van der Waals surface area contributed by atoms with Crippen molar-refractivity contribution in [3.8, 4) is 5.75 Å². The second-order valence-electron chi connectivity index (χ2n) is 10.3. The number of phenols is 1. The van der Waals surface area contributed by atoms with Gasteiger partial charge in [-0.15, -0.1) is 0 Å². The van der Waals surface area contributed by atoms with E-state index in [2.05, 4.69) is 10.3 Å². The van der Waals surface area contributed by atoms with Crippen molar-refractivity contribution < 1.29 is 28.6 Å². The van der Waals surface area contributed by atoms with Crippen molar-refractivity contribution in [2.24, 2.45) is 0 Å². The number of hydrogen-bond acceptors (Lipinski definition) is 6. The Labute approximate surface area is 222 Å². The average molecular weight is 529 g/mol. The summed E-state index contributed by atoms with van der Waals surface area (Å²) in [4.78, 5) is 41.1. The Bertz CT molecular complexity index is 1860. The summed E-state index contributed by atoms with van der Waals surface area (Å²) in [6, 6.07) is 5.52. The summed E-state index contributed by atoms with van der Waals surface area (Å²) in [5, 5.41) is 24.6. The lowest BCUT2D eigenvalue weighted by atomic mass is 9.93. The van der Waals surface area contributed by atoms with Gasteiger partial charge in [0, 0.05) is 51.8 Å². The number of carboxylic acid groups (broad SMARTS) is 1. The number of fused-ring (bicyclic) bond motifs is 5. The van der Waals surface area contributed by atoms with Gasteiger partial charge in [0.15, 0.2) is 0 Å². The maximum absolute atomic E-state index is 13.0. The van der Waals surface area contributed by atoms with Crippen LogP contribution < -0.4 is 10.9 Å². The molecule has 4 N–H and O–H groups in total. The fraction of sp³-hybridized carbons (Fsp3) is 0.300. The smallest absolute Gasteiger partial charge is 0.340 e. The molecule has 1 atom stereocenters. The molecule has 1 amide bonds. The Kier molecular flexibility index (Phi) is 5.94. The number of rotatable bonds is 6. The first-order chi connectivity index (χ1) is 18.7. The number of amides is 1. The van der Waals surface area contributed by atoms with Gasteiger partial charge in [-0.3, -0.25) is 4.79 Å². The zero-order valence-electron chi connectivity index (χ0n) is 21.6. The normalized spacial score (nSPS) is 14.1. The Morgan fingerprint density at radius 3 is 2.59 bits per heavy atom. The summed E-state index contributed by atoms with van der Waals surface area (Å²) in [6.45, 7) is 3.66. The first kappa shape index (κ1) is 24.8. The Hall–Kier alpha value is -4.53. The number of furan rings is 1. The first-order valence-electron chi connectivity index (χ1n) is 13.0. The molecule has 3 heterocycles. The zero-order chi connectivity index (χ0) is 27.4. The van der Waals surface area contributed by atoms with E-state index in [1.807, 2.05) is 13.0 Å². The summed E-state index contributed by atoms with van der Waals surface area (Å²) in [5.41, 5.74) is 4.69. The number of aryl methyl sites for hydroxylation is 4. The second-order valence-corrected chi connectivity index (χ2v) is 10.3. The van der Waals surface area contributed by atoms with E-state index in [1.165, 1.54) is 11.6 Å². The number of aromatic nitrogens is 1. The molecule has 39 heavy (non-hydrogen) atoms. The van der Waals surface area contributed by atoms with Gasteiger partial charge in [-0.1, -0.05) is 0 Å². The number of carbonyl (C=O) groups excluding carboxylic acids is 1. The number of hydrogen-bond donors (Lipinski definition) is 4. The second kappa shape index (κ2) is 9.34. The lowest BCUT2D eigenvalue weighted by Crippen LogP contribution is -2.43. The topological polar surface area (TPSA) is 146 Å². The van der Waals surface area contributed by atoms with Crippen LogP contribution in [0.2, 0.25) is 0 Å². The molecule has 3 aromatic heterocycles. The molecular formula is C30H28N2O7. The van der Waals surface area contributed by atoms with Crippen LogP contribution in [0.3, 0.4) is 0 Å². The molecule has 0 aliphatic heterocycles. The summed E-state index contributed by atoms with van der Waals surface area (Å²) < 4.78 is 11.9. The van der Waals surface area contributed by atoms with Crippen LogP contribution in [0.1, 0.15) is 46.4 Å². The molecule has 200 valence electrons. The van der Waals surface area contributed by atoms with Crippen LogP contribution in [0.4, 0.5) is 0 Å². The first-order valence-corrected chi connectivity index (χ1v) is 13.0. The van der Waals surface area contributed by atoms with Gasteiger partial charge in [0.05, 0.1) is 12.0 Å². The van der Waals surface area contributed by atoms with E-state index in [0.717, 1.165) is 58.9 Å². The molecule has 0 radical (unpaired) electrons. The highest BCUT2D eigenvalue weighted by atomic mass is 16.4. The van der Waals surface area contributed by atoms with Crippen molar-refractivity contribution in [1.29, 1.82) is 0 Å². The molecule has 0 bridgehead atoms. The fourth-order valence-electron chi connectivity index (χ4n) is 5.78. The molecular weight excluding hydrogens is 500 g/mol. The predicted molar refractivity (Wildman–Crippen MR) is 145 cm³/mol. The summed E-state index contributed by atoms with van der Waals surface area (Å²) >= 11 is 0. The molecule has 1 aliphatic rings. The molecule has 0 fully saturated rings. The van der Waals surface area contributed by atoms with Crippen molar-refractivity contribution in [1.82, 2.24) is 10.3 Å². The van der Waals surface area contributed by atoms with Gasteiger partial charge >= 0.3 is 11.6 Å². The monoisotopic (exact) mass is 528 g/mol. The lowest BCUT2D eigenvalue weighted by molar-refractivity contribution is -0.141. The molecule has 0 saturated heterocycles. The third kappa shape index (κ3) is 4.24. The zero-order valence-corrected chi connectivity index (χ0v) is 21.6. The quantitative estimate of drug-likeness (QED) is 0.236. The minimum Gasteiger partial charge on any atom is -0.508 e. The van der Waals surface area contributed by atoms with Gasteiger partial charge < -0.3 is 29.3 Å². The number of aromatic hydroxyl groups is 1. The number of phenolic OH excluding ortho intramolecular Hbond substituents is 1. The number of nitrogens with one attached hydrogen (secondary N) is 2.